The molecule has 16 heteroatoms. The number of aromatic nitrogens is 7. The van der Waals surface area contributed by atoms with Crippen LogP contribution in [0.3, 0.4) is 0 Å². The van der Waals surface area contributed by atoms with Crippen molar-refractivity contribution in [2.24, 2.45) is 0 Å². The Morgan fingerprint density at radius 3 is 1.98 bits per heavy atom. The van der Waals surface area contributed by atoms with E-state index in [9.17, 15) is 18.7 Å². The van der Waals surface area contributed by atoms with Gasteiger partial charge in [-0.3, -0.25) is 4.98 Å². The molecule has 1 fully saturated rings. The second kappa shape index (κ2) is 17.8. The van der Waals surface area contributed by atoms with Crippen LogP contribution in [0, 0.1) is 11.6 Å². The van der Waals surface area contributed by atoms with Crippen LogP contribution in [0.4, 0.5) is 28.9 Å². The molecule has 0 amide bonds. The van der Waals surface area contributed by atoms with E-state index in [1.165, 1.54) is 29.3 Å². The highest BCUT2D eigenvalue weighted by molar-refractivity contribution is 5.66. The SMILES string of the molecule is CC[C@@H]([C@H](C)OCc1ccccc1)n1ncn(-c2ccc(N3CCN(c4ccc(-c5ccc(C(F)(F)C(O)(Cn6nccn6)c6ccc(F)cc6F)nc5)cc4)CC3)cc2)c1=O. The first kappa shape index (κ1) is 42.1. The molecule has 1 N–H and O–H groups in total. The molecule has 1 aliphatic rings. The van der Waals surface area contributed by atoms with Crippen molar-refractivity contribution in [1.82, 2.24) is 34.3 Å². The van der Waals surface area contributed by atoms with Crippen LogP contribution < -0.4 is 15.5 Å². The molecule has 8 rings (SSSR count). The molecule has 62 heavy (non-hydrogen) atoms. The molecule has 0 radical (unpaired) electrons. The van der Waals surface area contributed by atoms with E-state index in [1.807, 2.05) is 92.7 Å². The molecule has 4 heterocycles. The van der Waals surface area contributed by atoms with Crippen LogP contribution in [0.25, 0.3) is 16.8 Å². The second-order valence-corrected chi connectivity index (χ2v) is 15.3. The van der Waals surface area contributed by atoms with E-state index >= 15 is 8.78 Å². The Bertz CT molecular complexity index is 2620. The van der Waals surface area contributed by atoms with Crippen molar-refractivity contribution in [2.45, 2.75) is 57.1 Å². The van der Waals surface area contributed by atoms with Crippen LogP contribution in [-0.2, 0) is 29.4 Å². The van der Waals surface area contributed by atoms with Gasteiger partial charge in [0.1, 0.15) is 30.2 Å². The summed E-state index contributed by atoms with van der Waals surface area (Å²) >= 11 is 0. The highest BCUT2D eigenvalue weighted by Crippen LogP contribution is 2.47. The van der Waals surface area contributed by atoms with E-state index in [4.69, 9.17) is 4.74 Å². The third-order valence-electron chi connectivity index (χ3n) is 11.5. The van der Waals surface area contributed by atoms with Gasteiger partial charge >= 0.3 is 11.6 Å². The van der Waals surface area contributed by atoms with Gasteiger partial charge in [-0.1, -0.05) is 55.5 Å². The highest BCUT2D eigenvalue weighted by Gasteiger charge is 2.58. The molecule has 320 valence electrons. The molecular weight excluding hydrogens is 803 g/mol. The molecule has 0 aliphatic carbocycles. The average Bonchev–Trinajstić information content (AvgIpc) is 3.95. The first-order chi connectivity index (χ1) is 29.9. The van der Waals surface area contributed by atoms with Crippen molar-refractivity contribution in [3.05, 3.63) is 173 Å². The molecule has 0 bridgehead atoms. The summed E-state index contributed by atoms with van der Waals surface area (Å²) in [7, 11) is 0. The maximum absolute atomic E-state index is 16.2. The highest BCUT2D eigenvalue weighted by atomic mass is 19.3. The van der Waals surface area contributed by atoms with E-state index in [2.05, 4.69) is 30.1 Å². The van der Waals surface area contributed by atoms with Crippen molar-refractivity contribution in [2.75, 3.05) is 36.0 Å². The number of rotatable bonds is 15. The lowest BCUT2D eigenvalue weighted by Gasteiger charge is -2.37. The van der Waals surface area contributed by atoms with E-state index in [1.54, 1.807) is 10.9 Å². The lowest BCUT2D eigenvalue weighted by Crippen LogP contribution is -2.48. The quantitative estimate of drug-likeness (QED) is 0.105. The Morgan fingerprint density at radius 1 is 0.774 bits per heavy atom. The van der Waals surface area contributed by atoms with E-state index < -0.39 is 41.0 Å². The Morgan fingerprint density at radius 2 is 1.39 bits per heavy atom. The van der Waals surface area contributed by atoms with Crippen molar-refractivity contribution in [1.29, 1.82) is 0 Å². The molecular formula is C46H45F4N9O3. The standard InChI is InChI=1S/C46H45F4N9O3/c1-3-42(32(2)62-29-33-7-5-4-6-8-33)59-44(60)57(31-54-59)39-17-15-38(16-18-39)56-25-23-55(24-26-56)37-13-9-34(10-14-37)35-11-20-43(51-28-35)46(49,50)45(61,30-58-52-21-22-53-58)40-19-12-36(47)27-41(40)48/h4-22,27-28,31-32,42,61H,3,23-26,29-30H2,1-2H3/t32-,42-,45?/m0/s1. The first-order valence-electron chi connectivity index (χ1n) is 20.3. The zero-order valence-electron chi connectivity index (χ0n) is 34.1. The molecule has 1 aliphatic heterocycles. The zero-order chi connectivity index (χ0) is 43.4. The van der Waals surface area contributed by atoms with Gasteiger partial charge in [-0.25, -0.2) is 22.8 Å². The molecule has 0 spiro atoms. The fourth-order valence-corrected chi connectivity index (χ4v) is 7.92. The zero-order valence-corrected chi connectivity index (χ0v) is 34.1. The van der Waals surface area contributed by atoms with Crippen molar-refractivity contribution < 1.29 is 27.4 Å². The molecule has 12 nitrogen and oxygen atoms in total. The number of hydrogen-bond acceptors (Lipinski definition) is 9. The number of hydrogen-bond donors (Lipinski definition) is 1. The minimum Gasteiger partial charge on any atom is -0.377 e. The lowest BCUT2D eigenvalue weighted by atomic mass is 9.84. The summed E-state index contributed by atoms with van der Waals surface area (Å²) < 4.78 is 70.3. The van der Waals surface area contributed by atoms with Gasteiger partial charge in [-0.15, -0.1) is 0 Å². The van der Waals surface area contributed by atoms with Gasteiger partial charge in [-0.2, -0.15) is 28.9 Å². The van der Waals surface area contributed by atoms with Crippen LogP contribution in [0.15, 0.2) is 139 Å². The predicted octanol–water partition coefficient (Wildman–Crippen LogP) is 7.53. The molecule has 1 unspecified atom stereocenters. The topological polar surface area (TPSA) is 119 Å². The van der Waals surface area contributed by atoms with Gasteiger partial charge in [0.15, 0.2) is 5.60 Å². The number of halogens is 4. The summed E-state index contributed by atoms with van der Waals surface area (Å²) in [5.41, 5.74) is 0.0430. The Labute approximate surface area is 355 Å². The number of nitrogens with zero attached hydrogens (tertiary/aromatic N) is 9. The lowest BCUT2D eigenvalue weighted by molar-refractivity contribution is -0.209. The van der Waals surface area contributed by atoms with E-state index in [0.29, 0.717) is 24.7 Å². The number of ether oxygens (including phenoxy) is 1. The summed E-state index contributed by atoms with van der Waals surface area (Å²) in [5, 5.41) is 23.6. The number of pyridine rings is 1. The van der Waals surface area contributed by atoms with Crippen molar-refractivity contribution in [3.8, 4) is 16.8 Å². The maximum atomic E-state index is 16.2. The Balaban J connectivity index is 0.886. The fraction of sp³-hybridized carbons (Fsp3) is 0.283. The summed E-state index contributed by atoms with van der Waals surface area (Å²) in [5.74, 6) is -6.47. The summed E-state index contributed by atoms with van der Waals surface area (Å²) in [6.07, 6.45) is 5.75. The Hall–Kier alpha value is -6.65. The van der Waals surface area contributed by atoms with Crippen molar-refractivity contribution in [3.63, 3.8) is 0 Å². The normalized spacial score (nSPS) is 15.3. The van der Waals surface area contributed by atoms with Crippen LogP contribution >= 0.6 is 0 Å². The van der Waals surface area contributed by atoms with Crippen LogP contribution in [0.1, 0.15) is 43.1 Å². The van der Waals surface area contributed by atoms with Crippen LogP contribution in [0.5, 0.6) is 0 Å². The molecule has 7 aromatic rings. The van der Waals surface area contributed by atoms with Gasteiger partial charge < -0.3 is 19.6 Å². The molecule has 4 aromatic carbocycles. The fourth-order valence-electron chi connectivity index (χ4n) is 7.92. The molecule has 1 saturated heterocycles. The summed E-state index contributed by atoms with van der Waals surface area (Å²) in [4.78, 5) is 22.9. The van der Waals surface area contributed by atoms with E-state index in [-0.39, 0.29) is 17.8 Å². The van der Waals surface area contributed by atoms with Gasteiger partial charge in [0, 0.05) is 60.9 Å². The number of benzene rings is 4. The number of anilines is 2. The summed E-state index contributed by atoms with van der Waals surface area (Å²) in [6.45, 7) is 6.56. The Kier molecular flexibility index (Phi) is 12.0. The van der Waals surface area contributed by atoms with Crippen molar-refractivity contribution >= 4 is 11.4 Å². The average molecular weight is 848 g/mol. The third-order valence-corrected chi connectivity index (χ3v) is 11.5. The monoisotopic (exact) mass is 847 g/mol. The van der Waals surface area contributed by atoms with E-state index in [0.717, 1.165) is 77.4 Å². The second-order valence-electron chi connectivity index (χ2n) is 15.3. The summed E-state index contributed by atoms with van der Waals surface area (Å²) in [6, 6.07) is 29.8. The minimum atomic E-state index is -4.15. The van der Waals surface area contributed by atoms with Gasteiger partial charge in [0.2, 0.25) is 0 Å². The van der Waals surface area contributed by atoms with Gasteiger partial charge in [-0.05, 0) is 79.1 Å². The number of aliphatic hydroxyl groups is 1. The third kappa shape index (κ3) is 8.47. The number of piperazine rings is 1. The first-order valence-corrected chi connectivity index (χ1v) is 20.3. The largest absolute Gasteiger partial charge is 0.377 e. The smallest absolute Gasteiger partial charge is 0.350 e. The number of alkyl halides is 2. The predicted molar refractivity (Wildman–Crippen MR) is 226 cm³/mol. The molecule has 3 aromatic heterocycles. The van der Waals surface area contributed by atoms with Crippen LogP contribution in [0.2, 0.25) is 0 Å². The molecule has 0 saturated carbocycles. The maximum Gasteiger partial charge on any atom is 0.350 e. The van der Waals surface area contributed by atoms with Gasteiger partial charge in [0.25, 0.3) is 0 Å². The van der Waals surface area contributed by atoms with Crippen LogP contribution in [-0.4, -0.2) is 71.7 Å². The van der Waals surface area contributed by atoms with Gasteiger partial charge in [0.05, 0.1) is 36.8 Å². The molecule has 3 atom stereocenters. The minimum absolute atomic E-state index is 0.222.